The molecule has 1 atom stereocenters. The zero-order chi connectivity index (χ0) is 22.3. The van der Waals surface area contributed by atoms with Crippen molar-refractivity contribution in [1.82, 2.24) is 4.90 Å². The molecular weight excluding hydrogens is 400 g/mol. The number of hydrogen-bond donors (Lipinski definition) is 1. The van der Waals surface area contributed by atoms with Crippen LogP contribution in [0.5, 0.6) is 5.75 Å². The Morgan fingerprint density at radius 1 is 0.938 bits per heavy atom. The Bertz CT molecular complexity index is 948. The lowest BCUT2D eigenvalue weighted by Gasteiger charge is -2.23. The molecule has 1 heterocycles. The van der Waals surface area contributed by atoms with Crippen molar-refractivity contribution < 1.29 is 14.3 Å². The van der Waals surface area contributed by atoms with E-state index in [-0.39, 0.29) is 11.8 Å². The smallest absolute Gasteiger partial charge is 0.265 e. The zero-order valence-corrected chi connectivity index (χ0v) is 19.1. The van der Waals surface area contributed by atoms with Crippen LogP contribution in [-0.4, -0.2) is 35.9 Å². The first kappa shape index (κ1) is 22.4. The molecule has 1 fully saturated rings. The van der Waals surface area contributed by atoms with Crippen LogP contribution in [0, 0.1) is 0 Å². The Balaban J connectivity index is 1.46. The molecule has 1 aliphatic heterocycles. The Kier molecular flexibility index (Phi) is 7.46. The molecule has 0 spiro atoms. The van der Waals surface area contributed by atoms with E-state index in [4.69, 9.17) is 4.74 Å². The third kappa shape index (κ3) is 5.32. The van der Waals surface area contributed by atoms with Crippen LogP contribution in [0.2, 0.25) is 0 Å². The van der Waals surface area contributed by atoms with Gasteiger partial charge in [-0.3, -0.25) is 9.59 Å². The summed E-state index contributed by atoms with van der Waals surface area (Å²) in [6, 6.07) is 13.5. The van der Waals surface area contributed by atoms with Crippen LogP contribution < -0.4 is 10.1 Å². The fourth-order valence-electron chi connectivity index (χ4n) is 4.71. The van der Waals surface area contributed by atoms with Gasteiger partial charge in [0.1, 0.15) is 5.75 Å². The fraction of sp³-hybridized carbons (Fsp3) is 0.481. The van der Waals surface area contributed by atoms with Gasteiger partial charge in [-0.15, -0.1) is 0 Å². The normalized spacial score (nSPS) is 17.1. The second kappa shape index (κ2) is 10.7. The van der Waals surface area contributed by atoms with Crippen LogP contribution in [0.4, 0.5) is 5.69 Å². The highest BCUT2D eigenvalue weighted by Crippen LogP contribution is 2.27. The predicted molar refractivity (Wildman–Crippen MR) is 127 cm³/mol. The number of anilines is 1. The quantitative estimate of drug-likeness (QED) is 0.664. The minimum absolute atomic E-state index is 0.00791. The summed E-state index contributed by atoms with van der Waals surface area (Å²) in [5, 5.41) is 2.97. The van der Waals surface area contributed by atoms with Crippen molar-refractivity contribution in [2.45, 2.75) is 70.8 Å². The summed E-state index contributed by atoms with van der Waals surface area (Å²) in [6.45, 7) is 3.50. The standard InChI is InChI=1S/C27H34N2O3/c1-2-25(32-22-16-15-20-11-5-6-12-21(20)19-22)26(30)28-24-14-8-7-13-23(24)27(31)29-17-9-3-4-10-18-29/h7-8,13-16,19,25H,2-6,9-12,17-18H2,1H3,(H,28,30). The molecule has 5 nitrogen and oxygen atoms in total. The summed E-state index contributed by atoms with van der Waals surface area (Å²) in [5.74, 6) is 0.509. The van der Waals surface area contributed by atoms with Gasteiger partial charge in [-0.25, -0.2) is 0 Å². The Labute approximate surface area is 191 Å². The van der Waals surface area contributed by atoms with Gasteiger partial charge in [0, 0.05) is 13.1 Å². The number of hydrogen-bond acceptors (Lipinski definition) is 3. The fourth-order valence-corrected chi connectivity index (χ4v) is 4.71. The molecule has 2 aromatic rings. The first-order valence-electron chi connectivity index (χ1n) is 12.1. The Morgan fingerprint density at radius 3 is 2.41 bits per heavy atom. The number of carbonyl (C=O) groups is 2. The first-order valence-corrected chi connectivity index (χ1v) is 12.1. The van der Waals surface area contributed by atoms with Gasteiger partial charge in [0.15, 0.2) is 6.10 Å². The average molecular weight is 435 g/mol. The molecule has 4 rings (SSSR count). The molecule has 32 heavy (non-hydrogen) atoms. The highest BCUT2D eigenvalue weighted by molar-refractivity contribution is 6.04. The summed E-state index contributed by atoms with van der Waals surface area (Å²) < 4.78 is 6.09. The number of rotatable bonds is 6. The highest BCUT2D eigenvalue weighted by Gasteiger charge is 2.24. The third-order valence-corrected chi connectivity index (χ3v) is 6.57. The van der Waals surface area contributed by atoms with Crippen molar-refractivity contribution in [3.8, 4) is 5.75 Å². The molecule has 1 N–H and O–H groups in total. The SMILES string of the molecule is CCC(Oc1ccc2c(c1)CCCC2)C(=O)Nc1ccccc1C(=O)N1CCCCCC1. The van der Waals surface area contributed by atoms with Crippen molar-refractivity contribution in [1.29, 1.82) is 0 Å². The van der Waals surface area contributed by atoms with Gasteiger partial charge in [0.05, 0.1) is 11.3 Å². The molecule has 1 aliphatic carbocycles. The number of aryl methyl sites for hydroxylation is 2. The number of para-hydroxylation sites is 1. The maximum Gasteiger partial charge on any atom is 0.265 e. The molecule has 0 radical (unpaired) electrons. The van der Waals surface area contributed by atoms with Crippen LogP contribution in [-0.2, 0) is 17.6 Å². The summed E-state index contributed by atoms with van der Waals surface area (Å²) in [7, 11) is 0. The molecule has 1 saturated heterocycles. The summed E-state index contributed by atoms with van der Waals surface area (Å²) in [6.07, 6.45) is 8.97. The van der Waals surface area contributed by atoms with E-state index in [1.54, 1.807) is 12.1 Å². The number of likely N-dealkylation sites (tertiary alicyclic amines) is 1. The van der Waals surface area contributed by atoms with Crippen molar-refractivity contribution in [3.63, 3.8) is 0 Å². The minimum atomic E-state index is -0.613. The van der Waals surface area contributed by atoms with Gasteiger partial charge in [-0.1, -0.05) is 38.0 Å². The van der Waals surface area contributed by atoms with Crippen molar-refractivity contribution in [2.75, 3.05) is 18.4 Å². The van der Waals surface area contributed by atoms with E-state index in [9.17, 15) is 9.59 Å². The molecule has 2 aliphatic rings. The van der Waals surface area contributed by atoms with Crippen LogP contribution >= 0.6 is 0 Å². The second-order valence-corrected chi connectivity index (χ2v) is 8.89. The monoisotopic (exact) mass is 434 g/mol. The second-order valence-electron chi connectivity index (χ2n) is 8.89. The number of benzene rings is 2. The Hall–Kier alpha value is -2.82. The number of amides is 2. The molecule has 0 saturated carbocycles. The van der Waals surface area contributed by atoms with E-state index in [0.29, 0.717) is 17.7 Å². The maximum atomic E-state index is 13.2. The van der Waals surface area contributed by atoms with E-state index in [1.165, 1.54) is 36.8 Å². The van der Waals surface area contributed by atoms with Crippen molar-refractivity contribution in [2.24, 2.45) is 0 Å². The molecular formula is C27H34N2O3. The van der Waals surface area contributed by atoms with Gasteiger partial charge in [0.2, 0.25) is 0 Å². The Morgan fingerprint density at radius 2 is 1.66 bits per heavy atom. The van der Waals surface area contributed by atoms with Crippen molar-refractivity contribution in [3.05, 3.63) is 59.2 Å². The predicted octanol–water partition coefficient (Wildman–Crippen LogP) is 5.38. The lowest BCUT2D eigenvalue weighted by Crippen LogP contribution is -2.35. The summed E-state index contributed by atoms with van der Waals surface area (Å²) in [4.78, 5) is 28.2. The van der Waals surface area contributed by atoms with Crippen molar-refractivity contribution >= 4 is 17.5 Å². The first-order chi connectivity index (χ1) is 15.7. The summed E-state index contributed by atoms with van der Waals surface area (Å²) in [5.41, 5.74) is 3.82. The number of nitrogens with zero attached hydrogens (tertiary/aromatic N) is 1. The third-order valence-electron chi connectivity index (χ3n) is 6.57. The van der Waals surface area contributed by atoms with Gasteiger partial charge >= 0.3 is 0 Å². The summed E-state index contributed by atoms with van der Waals surface area (Å²) >= 11 is 0. The zero-order valence-electron chi connectivity index (χ0n) is 19.1. The van der Waals surface area contributed by atoms with Gasteiger partial charge in [-0.05, 0) is 80.3 Å². The lowest BCUT2D eigenvalue weighted by molar-refractivity contribution is -0.122. The van der Waals surface area contributed by atoms with Gasteiger partial charge in [0.25, 0.3) is 11.8 Å². The molecule has 0 bridgehead atoms. The molecule has 2 amide bonds. The number of nitrogens with one attached hydrogen (secondary N) is 1. The van der Waals surface area contributed by atoms with Crippen LogP contribution in [0.3, 0.4) is 0 Å². The minimum Gasteiger partial charge on any atom is -0.481 e. The van der Waals surface area contributed by atoms with E-state index in [2.05, 4.69) is 17.4 Å². The largest absolute Gasteiger partial charge is 0.481 e. The number of carbonyl (C=O) groups excluding carboxylic acids is 2. The molecule has 5 heteroatoms. The highest BCUT2D eigenvalue weighted by atomic mass is 16.5. The van der Waals surface area contributed by atoms with Gasteiger partial charge in [-0.2, -0.15) is 0 Å². The topological polar surface area (TPSA) is 58.6 Å². The van der Waals surface area contributed by atoms with E-state index in [1.807, 2.05) is 30.0 Å². The molecule has 1 unspecified atom stereocenters. The average Bonchev–Trinajstić information content (AvgIpc) is 3.12. The van der Waals surface area contributed by atoms with E-state index in [0.717, 1.165) is 44.5 Å². The van der Waals surface area contributed by atoms with Gasteiger partial charge < -0.3 is 15.0 Å². The van der Waals surface area contributed by atoms with Crippen LogP contribution in [0.15, 0.2) is 42.5 Å². The maximum absolute atomic E-state index is 13.2. The molecule has 0 aromatic heterocycles. The number of fused-ring (bicyclic) bond motifs is 1. The molecule has 170 valence electrons. The van der Waals surface area contributed by atoms with E-state index < -0.39 is 6.10 Å². The van der Waals surface area contributed by atoms with Crippen LogP contribution in [0.1, 0.15) is 73.4 Å². The lowest BCUT2D eigenvalue weighted by atomic mass is 9.92. The molecule has 2 aromatic carbocycles. The van der Waals surface area contributed by atoms with Crippen LogP contribution in [0.25, 0.3) is 0 Å². The number of ether oxygens (including phenoxy) is 1. The van der Waals surface area contributed by atoms with E-state index >= 15 is 0 Å².